The molecule has 1 saturated heterocycles. The topological polar surface area (TPSA) is 132 Å². The number of carbonyl (C=O) groups excluding carboxylic acids is 3. The van der Waals surface area contributed by atoms with Crippen molar-refractivity contribution in [2.75, 3.05) is 25.0 Å². The van der Waals surface area contributed by atoms with Crippen molar-refractivity contribution in [2.45, 2.75) is 64.8 Å². The third-order valence-corrected chi connectivity index (χ3v) is 7.61. The van der Waals surface area contributed by atoms with E-state index in [1.807, 2.05) is 72.5 Å². The fraction of sp³-hybridized carbons (Fsp3) is 0.438. The largest absolute Gasteiger partial charge is 0.374 e. The Morgan fingerprint density at radius 1 is 1.05 bits per heavy atom. The van der Waals surface area contributed by atoms with Gasteiger partial charge in [0.1, 0.15) is 12.1 Å². The van der Waals surface area contributed by atoms with Crippen molar-refractivity contribution in [2.24, 2.45) is 11.7 Å². The molecule has 1 aromatic heterocycles. The highest BCUT2D eigenvalue weighted by atomic mass is 16.5. The van der Waals surface area contributed by atoms with E-state index < -0.39 is 29.4 Å². The number of hydrogen-bond donors (Lipinski definition) is 3. The van der Waals surface area contributed by atoms with Crippen LogP contribution in [0.5, 0.6) is 0 Å². The standard InChI is InChI=1S/C32H42N6O4/c1-22-15-17-37(18-16-22)30(40)27(25-13-9-6-10-14-25)38-21-34-28(23(38)2)36-29(39)26(35-31(41)32(3,4)33)20-42-19-24-11-7-5-8-12-24/h5-14,21-22,26-27H,15-20,33H2,1-4H3,(H,35,41)(H,36,39). The second-order valence-electron chi connectivity index (χ2n) is 11.6. The molecule has 2 heterocycles. The van der Waals surface area contributed by atoms with Gasteiger partial charge in [0, 0.05) is 13.1 Å². The summed E-state index contributed by atoms with van der Waals surface area (Å²) >= 11 is 0. The highest BCUT2D eigenvalue weighted by Gasteiger charge is 2.32. The second-order valence-corrected chi connectivity index (χ2v) is 11.6. The van der Waals surface area contributed by atoms with E-state index in [4.69, 9.17) is 10.5 Å². The summed E-state index contributed by atoms with van der Waals surface area (Å²) in [6.07, 6.45) is 3.52. The van der Waals surface area contributed by atoms with Crippen molar-refractivity contribution < 1.29 is 19.1 Å². The van der Waals surface area contributed by atoms with Gasteiger partial charge >= 0.3 is 0 Å². The Labute approximate surface area is 247 Å². The van der Waals surface area contributed by atoms with Crippen molar-refractivity contribution in [1.82, 2.24) is 19.8 Å². The van der Waals surface area contributed by atoms with Gasteiger partial charge in [0.15, 0.2) is 5.82 Å². The predicted octanol–water partition coefficient (Wildman–Crippen LogP) is 3.42. The van der Waals surface area contributed by atoms with Gasteiger partial charge in [-0.25, -0.2) is 4.98 Å². The zero-order chi connectivity index (χ0) is 30.3. The molecule has 0 aliphatic carbocycles. The molecule has 2 aromatic carbocycles. The lowest BCUT2D eigenvalue weighted by Gasteiger charge is -2.33. The average Bonchev–Trinajstić information content (AvgIpc) is 3.32. The van der Waals surface area contributed by atoms with Crippen molar-refractivity contribution in [3.63, 3.8) is 0 Å². The van der Waals surface area contributed by atoms with E-state index in [0.717, 1.165) is 24.0 Å². The molecule has 0 radical (unpaired) electrons. The molecule has 10 nitrogen and oxygen atoms in total. The molecule has 1 aliphatic rings. The van der Waals surface area contributed by atoms with E-state index in [9.17, 15) is 14.4 Å². The second kappa shape index (κ2) is 13.8. The highest BCUT2D eigenvalue weighted by molar-refractivity contribution is 5.98. The molecular formula is C32H42N6O4. The molecule has 224 valence electrons. The van der Waals surface area contributed by atoms with Crippen LogP contribution in [0, 0.1) is 12.8 Å². The summed E-state index contributed by atoms with van der Waals surface area (Å²) in [6, 6.07) is 17.5. The van der Waals surface area contributed by atoms with Gasteiger partial charge in [0.05, 0.1) is 30.8 Å². The number of piperidine rings is 1. The molecule has 10 heteroatoms. The first-order chi connectivity index (χ1) is 20.0. The Bertz CT molecular complexity index is 1340. The number of nitrogens with zero attached hydrogens (tertiary/aromatic N) is 3. The Morgan fingerprint density at radius 3 is 2.29 bits per heavy atom. The number of amides is 3. The van der Waals surface area contributed by atoms with Crippen LogP contribution in [0.4, 0.5) is 5.82 Å². The molecule has 2 atom stereocenters. The molecule has 0 bridgehead atoms. The number of imidazole rings is 1. The fourth-order valence-corrected chi connectivity index (χ4v) is 4.86. The van der Waals surface area contributed by atoms with Crippen LogP contribution in [-0.4, -0.2) is 63.4 Å². The van der Waals surface area contributed by atoms with Crippen molar-refractivity contribution in [3.8, 4) is 0 Å². The smallest absolute Gasteiger partial charge is 0.250 e. The zero-order valence-electron chi connectivity index (χ0n) is 24.9. The molecule has 3 amide bonds. The number of anilines is 1. The minimum absolute atomic E-state index is 0.00361. The third-order valence-electron chi connectivity index (χ3n) is 7.61. The number of rotatable bonds is 11. The van der Waals surface area contributed by atoms with Crippen LogP contribution in [0.2, 0.25) is 0 Å². The molecule has 42 heavy (non-hydrogen) atoms. The molecule has 1 fully saturated rings. The number of nitrogens with one attached hydrogen (secondary N) is 2. The lowest BCUT2D eigenvalue weighted by Crippen LogP contribution is -2.56. The molecule has 1 aliphatic heterocycles. The van der Waals surface area contributed by atoms with E-state index in [1.54, 1.807) is 24.7 Å². The van der Waals surface area contributed by atoms with Gasteiger partial charge in [-0.2, -0.15) is 0 Å². The van der Waals surface area contributed by atoms with Gasteiger partial charge in [-0.05, 0) is 50.7 Å². The number of aromatic nitrogens is 2. The zero-order valence-corrected chi connectivity index (χ0v) is 24.9. The molecule has 3 aromatic rings. The normalized spacial score (nSPS) is 15.6. The molecule has 0 saturated carbocycles. The van der Waals surface area contributed by atoms with E-state index in [1.165, 1.54) is 0 Å². The summed E-state index contributed by atoms with van der Waals surface area (Å²) in [4.78, 5) is 46.4. The van der Waals surface area contributed by atoms with Gasteiger partial charge in [-0.1, -0.05) is 67.6 Å². The molecular weight excluding hydrogens is 532 g/mol. The van der Waals surface area contributed by atoms with E-state index in [-0.39, 0.29) is 19.1 Å². The number of nitrogens with two attached hydrogens (primary N) is 1. The van der Waals surface area contributed by atoms with Crippen molar-refractivity contribution >= 4 is 23.5 Å². The maximum atomic E-state index is 13.9. The molecule has 4 N–H and O–H groups in total. The summed E-state index contributed by atoms with van der Waals surface area (Å²) in [5.74, 6) is -0.0946. The summed E-state index contributed by atoms with van der Waals surface area (Å²) in [5.41, 5.74) is 7.18. The average molecular weight is 575 g/mol. The van der Waals surface area contributed by atoms with Gasteiger partial charge in [-0.15, -0.1) is 0 Å². The van der Waals surface area contributed by atoms with E-state index >= 15 is 0 Å². The van der Waals surface area contributed by atoms with Crippen LogP contribution in [0.15, 0.2) is 67.0 Å². The fourth-order valence-electron chi connectivity index (χ4n) is 4.86. The first-order valence-corrected chi connectivity index (χ1v) is 14.4. The number of carbonyl (C=O) groups is 3. The van der Waals surface area contributed by atoms with Gasteiger partial charge < -0.3 is 30.6 Å². The summed E-state index contributed by atoms with van der Waals surface area (Å²) in [5, 5.41) is 5.54. The minimum atomic E-state index is -1.19. The minimum Gasteiger partial charge on any atom is -0.374 e. The molecule has 2 unspecified atom stereocenters. The van der Waals surface area contributed by atoms with Crippen molar-refractivity contribution in [1.29, 1.82) is 0 Å². The van der Waals surface area contributed by atoms with Gasteiger partial charge in [0.2, 0.25) is 11.8 Å². The van der Waals surface area contributed by atoms with Crippen LogP contribution in [0.25, 0.3) is 0 Å². The number of hydrogen-bond acceptors (Lipinski definition) is 6. The summed E-state index contributed by atoms with van der Waals surface area (Å²) in [6.45, 7) is 8.78. The molecule has 0 spiro atoms. The van der Waals surface area contributed by atoms with Crippen LogP contribution < -0.4 is 16.4 Å². The summed E-state index contributed by atoms with van der Waals surface area (Å²) < 4.78 is 7.60. The maximum absolute atomic E-state index is 13.9. The lowest BCUT2D eigenvalue weighted by atomic mass is 9.97. The van der Waals surface area contributed by atoms with E-state index in [0.29, 0.717) is 30.5 Å². The number of benzene rings is 2. The molecule has 4 rings (SSSR count). The quantitative estimate of drug-likeness (QED) is 0.322. The maximum Gasteiger partial charge on any atom is 0.250 e. The van der Waals surface area contributed by atoms with Gasteiger partial charge in [-0.3, -0.25) is 14.4 Å². The van der Waals surface area contributed by atoms with Gasteiger partial charge in [0.25, 0.3) is 5.91 Å². The Kier molecular flexibility index (Phi) is 10.1. The Morgan fingerprint density at radius 2 is 1.67 bits per heavy atom. The van der Waals surface area contributed by atoms with Crippen LogP contribution >= 0.6 is 0 Å². The number of ether oxygens (including phenoxy) is 1. The Hall–Kier alpha value is -4.02. The predicted molar refractivity (Wildman–Crippen MR) is 161 cm³/mol. The van der Waals surface area contributed by atoms with Crippen LogP contribution in [0.3, 0.4) is 0 Å². The Balaban J connectivity index is 1.54. The number of likely N-dealkylation sites (tertiary alicyclic amines) is 1. The summed E-state index contributed by atoms with van der Waals surface area (Å²) in [7, 11) is 0. The van der Waals surface area contributed by atoms with Crippen LogP contribution in [0.1, 0.15) is 56.5 Å². The van der Waals surface area contributed by atoms with E-state index in [2.05, 4.69) is 22.5 Å². The SMILES string of the molecule is Cc1c(NC(=O)C(COCc2ccccc2)NC(=O)C(C)(C)N)ncn1C(C(=O)N1CCC(C)CC1)c1ccccc1. The van der Waals surface area contributed by atoms with Crippen LogP contribution in [-0.2, 0) is 25.7 Å². The first-order valence-electron chi connectivity index (χ1n) is 14.4. The lowest BCUT2D eigenvalue weighted by molar-refractivity contribution is -0.135. The first kappa shape index (κ1) is 30.9. The third kappa shape index (κ3) is 7.83. The van der Waals surface area contributed by atoms with Crippen molar-refractivity contribution in [3.05, 3.63) is 83.8 Å². The monoisotopic (exact) mass is 574 g/mol. The highest BCUT2D eigenvalue weighted by Crippen LogP contribution is 2.28.